The van der Waals surface area contributed by atoms with Crippen molar-refractivity contribution in [2.45, 2.75) is 13.8 Å². The maximum Gasteiger partial charge on any atom is 0.217 e. The zero-order valence-corrected chi connectivity index (χ0v) is 6.10. The third-order valence-electron chi connectivity index (χ3n) is 0.956. The van der Waals surface area contributed by atoms with Crippen LogP contribution in [0, 0.1) is 6.10 Å². The SMILES string of the molecule is C=[O+][C-](C)/C=C(/C)OC. The first-order chi connectivity index (χ1) is 4.20. The van der Waals surface area contributed by atoms with Gasteiger partial charge in [0, 0.05) is 12.7 Å². The average Bonchev–Trinajstić information content (AvgIpc) is 1.87. The smallest absolute Gasteiger partial charge is 0.217 e. The molecule has 0 aliphatic rings. The van der Waals surface area contributed by atoms with Crippen molar-refractivity contribution in [3.8, 4) is 0 Å². The first-order valence-corrected chi connectivity index (χ1v) is 2.68. The van der Waals surface area contributed by atoms with Crippen molar-refractivity contribution in [2.75, 3.05) is 7.11 Å². The summed E-state index contributed by atoms with van der Waals surface area (Å²) in [6.07, 6.45) is 2.52. The van der Waals surface area contributed by atoms with Gasteiger partial charge in [0.05, 0.1) is 7.11 Å². The highest BCUT2D eigenvalue weighted by atomic mass is 16.5. The summed E-state index contributed by atoms with van der Waals surface area (Å²) in [5, 5.41) is 0. The van der Waals surface area contributed by atoms with Crippen LogP contribution in [0.5, 0.6) is 0 Å². The van der Waals surface area contributed by atoms with Crippen molar-refractivity contribution >= 4 is 6.79 Å². The van der Waals surface area contributed by atoms with Crippen LogP contribution in [0.25, 0.3) is 0 Å². The summed E-state index contributed by atoms with van der Waals surface area (Å²) in [6, 6.07) is 0. The van der Waals surface area contributed by atoms with E-state index in [4.69, 9.17) is 4.74 Å². The minimum absolute atomic E-state index is 0.745. The summed E-state index contributed by atoms with van der Waals surface area (Å²) < 4.78 is 9.49. The van der Waals surface area contributed by atoms with Crippen molar-refractivity contribution in [3.63, 3.8) is 0 Å². The van der Waals surface area contributed by atoms with Gasteiger partial charge in [-0.1, -0.05) is 6.92 Å². The second-order valence-electron chi connectivity index (χ2n) is 1.71. The molecule has 0 saturated heterocycles. The van der Waals surface area contributed by atoms with Gasteiger partial charge in [-0.3, -0.25) is 0 Å². The topological polar surface area (TPSA) is 20.5 Å². The van der Waals surface area contributed by atoms with Crippen molar-refractivity contribution in [1.29, 1.82) is 0 Å². The summed E-state index contributed by atoms with van der Waals surface area (Å²) in [5.41, 5.74) is 0. The largest absolute Gasteiger partial charge is 0.557 e. The van der Waals surface area contributed by atoms with Gasteiger partial charge in [0.15, 0.2) is 6.79 Å². The summed E-state index contributed by atoms with van der Waals surface area (Å²) in [7, 11) is 1.61. The van der Waals surface area contributed by atoms with Gasteiger partial charge in [-0.25, -0.2) is 0 Å². The average molecular weight is 128 g/mol. The maximum absolute atomic E-state index is 4.86. The predicted molar refractivity (Wildman–Crippen MR) is 36.8 cm³/mol. The van der Waals surface area contributed by atoms with Crippen LogP contribution < -0.4 is 0 Å². The molecule has 0 aromatic rings. The fourth-order valence-electron chi connectivity index (χ4n) is 0.387. The third kappa shape index (κ3) is 3.64. The molecule has 0 amide bonds. The van der Waals surface area contributed by atoms with Crippen LogP contribution in [0.3, 0.4) is 0 Å². The van der Waals surface area contributed by atoms with E-state index in [9.17, 15) is 0 Å². The monoisotopic (exact) mass is 128 g/mol. The van der Waals surface area contributed by atoms with Gasteiger partial charge in [0.25, 0.3) is 0 Å². The van der Waals surface area contributed by atoms with Crippen molar-refractivity contribution < 1.29 is 9.16 Å². The van der Waals surface area contributed by atoms with Crippen molar-refractivity contribution in [2.24, 2.45) is 0 Å². The molecule has 0 radical (unpaired) electrons. The van der Waals surface area contributed by atoms with Crippen molar-refractivity contribution in [1.82, 2.24) is 0 Å². The fourth-order valence-corrected chi connectivity index (χ4v) is 0.387. The molecule has 0 aromatic carbocycles. The van der Waals surface area contributed by atoms with Crippen LogP contribution in [0.15, 0.2) is 11.8 Å². The van der Waals surface area contributed by atoms with E-state index in [0.717, 1.165) is 11.9 Å². The van der Waals surface area contributed by atoms with Gasteiger partial charge in [-0.2, -0.15) is 0 Å². The Kier molecular flexibility index (Phi) is 3.60. The van der Waals surface area contributed by atoms with Gasteiger partial charge in [-0.15, -0.1) is 0 Å². The minimum Gasteiger partial charge on any atom is -0.557 e. The molecule has 0 aliphatic heterocycles. The zero-order valence-electron chi connectivity index (χ0n) is 6.10. The molecule has 0 saturated carbocycles. The Bertz CT molecular complexity index is 116. The van der Waals surface area contributed by atoms with E-state index >= 15 is 0 Å². The van der Waals surface area contributed by atoms with Crippen molar-refractivity contribution in [3.05, 3.63) is 17.9 Å². The van der Waals surface area contributed by atoms with Gasteiger partial charge in [-0.05, 0) is 6.08 Å². The molecule has 0 heterocycles. The Morgan fingerprint density at radius 1 is 1.78 bits per heavy atom. The van der Waals surface area contributed by atoms with E-state index < -0.39 is 0 Å². The van der Waals surface area contributed by atoms with Crippen LogP contribution >= 0.6 is 0 Å². The molecule has 2 nitrogen and oxygen atoms in total. The first kappa shape index (κ1) is 8.08. The maximum atomic E-state index is 4.86. The number of allylic oxidation sites excluding steroid dienone is 1. The molecule has 0 aromatic heterocycles. The molecular weight excluding hydrogens is 116 g/mol. The summed E-state index contributed by atoms with van der Waals surface area (Å²) in [6.45, 7) is 6.90. The summed E-state index contributed by atoms with van der Waals surface area (Å²) in [5.74, 6) is 0.816. The quantitative estimate of drug-likeness (QED) is 0.320. The number of rotatable bonds is 3. The van der Waals surface area contributed by atoms with Crippen LogP contribution in [-0.4, -0.2) is 13.9 Å². The minimum atomic E-state index is 0.745. The molecule has 0 rings (SSSR count). The molecular formula is C7H12O2. The van der Waals surface area contributed by atoms with E-state index in [1.807, 2.05) is 13.8 Å². The normalized spacial score (nSPS) is 10.8. The molecule has 2 heteroatoms. The second kappa shape index (κ2) is 4.01. The molecule has 9 heavy (non-hydrogen) atoms. The van der Waals surface area contributed by atoms with E-state index in [2.05, 4.69) is 11.2 Å². The number of hydrogen-bond donors (Lipinski definition) is 0. The lowest BCUT2D eigenvalue weighted by Crippen LogP contribution is -1.88. The molecule has 0 atom stereocenters. The van der Waals surface area contributed by atoms with Gasteiger partial charge in [0.1, 0.15) is 0 Å². The molecule has 0 spiro atoms. The Labute approximate surface area is 55.8 Å². The molecule has 0 bridgehead atoms. The van der Waals surface area contributed by atoms with E-state index in [1.54, 1.807) is 13.2 Å². The van der Waals surface area contributed by atoms with E-state index in [1.165, 1.54) is 0 Å². The molecule has 0 fully saturated rings. The first-order valence-electron chi connectivity index (χ1n) is 2.68. The van der Waals surface area contributed by atoms with E-state index in [-0.39, 0.29) is 0 Å². The Balaban J connectivity index is 3.78. The highest BCUT2D eigenvalue weighted by molar-refractivity contribution is 5.15. The second-order valence-corrected chi connectivity index (χ2v) is 1.71. The summed E-state index contributed by atoms with van der Waals surface area (Å²) >= 11 is 0. The third-order valence-corrected chi connectivity index (χ3v) is 0.956. The number of ether oxygens (including phenoxy) is 1. The van der Waals surface area contributed by atoms with Crippen LogP contribution in [0.4, 0.5) is 0 Å². The molecule has 0 N–H and O–H groups in total. The van der Waals surface area contributed by atoms with Gasteiger partial charge in [0.2, 0.25) is 6.10 Å². The number of carbonyl (C=O) groups excluding carboxylic acids is 1. The predicted octanol–water partition coefficient (Wildman–Crippen LogP) is 1.45. The standard InChI is InChI=1S/C7H12O2/c1-6(8-3)5-7(2)9-4/h5H,3H2,1-2,4H3/b7-5-. The molecule has 0 unspecified atom stereocenters. The Hall–Kier alpha value is -0.920. The summed E-state index contributed by atoms with van der Waals surface area (Å²) in [4.78, 5) is 0. The Morgan fingerprint density at radius 3 is 2.67 bits per heavy atom. The highest BCUT2D eigenvalue weighted by Crippen LogP contribution is 2.01. The molecule has 52 valence electrons. The van der Waals surface area contributed by atoms with Crippen LogP contribution in [0.2, 0.25) is 0 Å². The number of methoxy groups -OCH3 is 1. The van der Waals surface area contributed by atoms with Crippen LogP contribution in [0.1, 0.15) is 13.8 Å². The van der Waals surface area contributed by atoms with Crippen LogP contribution in [-0.2, 0) is 9.16 Å². The highest BCUT2D eigenvalue weighted by Gasteiger charge is 1.94. The van der Waals surface area contributed by atoms with Gasteiger partial charge >= 0.3 is 0 Å². The lowest BCUT2D eigenvalue weighted by Gasteiger charge is -2.02. The van der Waals surface area contributed by atoms with Gasteiger partial charge < -0.3 is 9.16 Å². The lowest BCUT2D eigenvalue weighted by atomic mass is 10.3. The Morgan fingerprint density at radius 2 is 2.33 bits per heavy atom. The fraction of sp³-hybridized carbons (Fsp3) is 0.429. The van der Waals surface area contributed by atoms with E-state index in [0.29, 0.717) is 0 Å². The molecule has 0 aliphatic carbocycles. The number of hydrogen-bond acceptors (Lipinski definition) is 1. The lowest BCUT2D eigenvalue weighted by molar-refractivity contribution is -0.419. The zero-order chi connectivity index (χ0) is 7.28.